The molecule has 0 aliphatic heterocycles. The summed E-state index contributed by atoms with van der Waals surface area (Å²) in [5.74, 6) is 0.363. The Morgan fingerprint density at radius 2 is 1.14 bits per heavy atom. The molecule has 206 valence electrons. The largest absolute Gasteiger partial charge is 0.264 e. The van der Waals surface area contributed by atoms with Crippen molar-refractivity contribution < 1.29 is 0 Å². The van der Waals surface area contributed by atoms with Gasteiger partial charge in [-0.05, 0) is 88.4 Å². The Hall–Kier alpha value is -5.62. The van der Waals surface area contributed by atoms with Crippen LogP contribution >= 0.6 is 0 Å². The Morgan fingerprint density at radius 1 is 0.512 bits per heavy atom. The topological polar surface area (TPSA) is 77.3 Å². The van der Waals surface area contributed by atoms with E-state index < -0.39 is 0 Å². The van der Waals surface area contributed by atoms with Crippen molar-refractivity contribution in [3.8, 4) is 34.2 Å². The molecule has 6 heteroatoms. The fourth-order valence-corrected chi connectivity index (χ4v) is 5.54. The molecule has 0 saturated heterocycles. The minimum Gasteiger partial charge on any atom is -0.264 e. The average molecular weight is 557 g/mol. The Labute approximate surface area is 250 Å². The predicted molar refractivity (Wildman–Crippen MR) is 170 cm³/mol. The number of nitrogens with zero attached hydrogens (tertiary/aromatic N) is 6. The van der Waals surface area contributed by atoms with E-state index in [-0.39, 0.29) is 11.8 Å². The summed E-state index contributed by atoms with van der Waals surface area (Å²) in [7, 11) is 0. The molecule has 0 N–H and O–H groups in total. The number of rotatable bonds is 6. The summed E-state index contributed by atoms with van der Waals surface area (Å²) < 4.78 is 0. The van der Waals surface area contributed by atoms with Crippen LogP contribution in [0, 0.1) is 5.92 Å². The maximum atomic E-state index is 4.86. The number of hydrogen-bond donors (Lipinski definition) is 0. The van der Waals surface area contributed by atoms with Crippen LogP contribution in [0.3, 0.4) is 0 Å². The van der Waals surface area contributed by atoms with Crippen molar-refractivity contribution in [3.63, 3.8) is 0 Å². The molecule has 6 aromatic rings. The molecule has 43 heavy (non-hydrogen) atoms. The van der Waals surface area contributed by atoms with Crippen LogP contribution in [-0.4, -0.2) is 29.9 Å². The molecule has 2 atom stereocenters. The highest BCUT2D eigenvalue weighted by Crippen LogP contribution is 2.43. The van der Waals surface area contributed by atoms with Gasteiger partial charge in [-0.1, -0.05) is 55.5 Å². The highest BCUT2D eigenvalue weighted by atomic mass is 14.8. The fourth-order valence-electron chi connectivity index (χ4n) is 5.54. The molecule has 7 rings (SSSR count). The van der Waals surface area contributed by atoms with Gasteiger partial charge in [0.2, 0.25) is 0 Å². The van der Waals surface area contributed by atoms with E-state index in [1.807, 2.05) is 97.6 Å². The van der Waals surface area contributed by atoms with Gasteiger partial charge in [0, 0.05) is 43.1 Å². The van der Waals surface area contributed by atoms with Gasteiger partial charge in [-0.3, -0.25) is 24.9 Å². The van der Waals surface area contributed by atoms with Gasteiger partial charge in [0.15, 0.2) is 0 Å². The summed E-state index contributed by atoms with van der Waals surface area (Å²) in [4.78, 5) is 27.7. The summed E-state index contributed by atoms with van der Waals surface area (Å²) in [6.45, 7) is 2.27. The van der Waals surface area contributed by atoms with Crippen molar-refractivity contribution in [3.05, 3.63) is 157 Å². The molecule has 0 bridgehead atoms. The third-order valence-electron chi connectivity index (χ3n) is 7.83. The lowest BCUT2D eigenvalue weighted by atomic mass is 9.75. The molecular formula is C37H28N6. The summed E-state index contributed by atoms with van der Waals surface area (Å²) in [5, 5.41) is 0. The maximum absolute atomic E-state index is 4.86. The van der Waals surface area contributed by atoms with Crippen molar-refractivity contribution >= 4 is 11.1 Å². The zero-order valence-electron chi connectivity index (χ0n) is 23.6. The van der Waals surface area contributed by atoms with Crippen molar-refractivity contribution in [1.82, 2.24) is 29.9 Å². The third-order valence-corrected chi connectivity index (χ3v) is 7.83. The maximum Gasteiger partial charge on any atom is 0.0894 e. The van der Waals surface area contributed by atoms with Crippen LogP contribution in [0.1, 0.15) is 29.5 Å². The van der Waals surface area contributed by atoms with Gasteiger partial charge in [0.05, 0.1) is 34.2 Å². The van der Waals surface area contributed by atoms with Crippen LogP contribution in [0.5, 0.6) is 0 Å². The molecule has 6 nitrogen and oxygen atoms in total. The summed E-state index contributed by atoms with van der Waals surface area (Å²) in [5.41, 5.74) is 10.6. The van der Waals surface area contributed by atoms with Gasteiger partial charge in [-0.2, -0.15) is 0 Å². The van der Waals surface area contributed by atoms with Crippen molar-refractivity contribution in [1.29, 1.82) is 0 Å². The third kappa shape index (κ3) is 5.51. The number of allylic oxidation sites excluding steroid dienone is 4. The highest BCUT2D eigenvalue weighted by Gasteiger charge is 2.27. The van der Waals surface area contributed by atoms with Crippen molar-refractivity contribution in [2.75, 3.05) is 0 Å². The number of pyridine rings is 6. The molecule has 6 aromatic heterocycles. The molecule has 6 heterocycles. The molecule has 1 aliphatic carbocycles. The lowest BCUT2D eigenvalue weighted by Crippen LogP contribution is -2.14. The van der Waals surface area contributed by atoms with E-state index >= 15 is 0 Å². The van der Waals surface area contributed by atoms with E-state index in [9.17, 15) is 0 Å². The van der Waals surface area contributed by atoms with E-state index in [1.54, 1.807) is 12.4 Å². The Kier molecular flexibility index (Phi) is 7.15. The normalized spacial score (nSPS) is 16.3. The lowest BCUT2D eigenvalue weighted by molar-refractivity contribution is 0.653. The smallest absolute Gasteiger partial charge is 0.0894 e. The molecule has 0 radical (unpaired) electrons. The monoisotopic (exact) mass is 556 g/mol. The molecule has 2 unspecified atom stereocenters. The van der Waals surface area contributed by atoms with E-state index in [1.165, 1.54) is 11.1 Å². The van der Waals surface area contributed by atoms with Gasteiger partial charge in [-0.25, -0.2) is 4.98 Å². The van der Waals surface area contributed by atoms with E-state index in [0.717, 1.165) is 50.9 Å². The van der Waals surface area contributed by atoms with Gasteiger partial charge in [0.25, 0.3) is 0 Å². The Balaban J connectivity index is 1.23. The predicted octanol–water partition coefficient (Wildman–Crippen LogP) is 7.96. The molecule has 0 spiro atoms. The van der Waals surface area contributed by atoms with Gasteiger partial charge >= 0.3 is 0 Å². The molecule has 0 aromatic carbocycles. The second-order valence-electron chi connectivity index (χ2n) is 10.5. The second-order valence-corrected chi connectivity index (χ2v) is 10.5. The minimum atomic E-state index is 0.149. The van der Waals surface area contributed by atoms with Crippen LogP contribution < -0.4 is 0 Å². The first-order valence-corrected chi connectivity index (χ1v) is 14.3. The lowest BCUT2D eigenvalue weighted by Gasteiger charge is -2.29. The number of aromatic nitrogens is 6. The van der Waals surface area contributed by atoms with E-state index in [0.29, 0.717) is 0 Å². The molecule has 1 aliphatic rings. The molecule has 0 fully saturated rings. The van der Waals surface area contributed by atoms with E-state index in [2.05, 4.69) is 52.2 Å². The van der Waals surface area contributed by atoms with Crippen LogP contribution in [0.25, 0.3) is 45.3 Å². The Bertz CT molecular complexity index is 1900. The summed E-state index contributed by atoms with van der Waals surface area (Å²) in [6, 6.07) is 30.1. The summed E-state index contributed by atoms with van der Waals surface area (Å²) in [6.07, 6.45) is 15.8. The standard InChI is InChI=1S/C37H28N6/c1-25-30(27-8-7-17-38-22-27)20-29(26-13-15-34(41-23-26)32-9-2-4-18-39-32)21-31(25)28-14-16-35(42-24-28)37-12-6-11-36(43-37)33-10-3-5-19-40-33/h2-25,30H,1H3. The zero-order chi connectivity index (χ0) is 29.0. The first-order valence-electron chi connectivity index (χ1n) is 14.3. The van der Waals surface area contributed by atoms with Crippen molar-refractivity contribution in [2.45, 2.75) is 12.8 Å². The second kappa shape index (κ2) is 11.7. The van der Waals surface area contributed by atoms with Crippen LogP contribution in [0.4, 0.5) is 0 Å². The fraction of sp³-hybridized carbons (Fsp3) is 0.0811. The quantitative estimate of drug-likeness (QED) is 0.207. The minimum absolute atomic E-state index is 0.149. The van der Waals surface area contributed by atoms with Crippen LogP contribution in [-0.2, 0) is 0 Å². The number of hydrogen-bond acceptors (Lipinski definition) is 6. The van der Waals surface area contributed by atoms with Gasteiger partial charge in [0.1, 0.15) is 0 Å². The van der Waals surface area contributed by atoms with Crippen molar-refractivity contribution in [2.24, 2.45) is 5.92 Å². The molecule has 0 saturated carbocycles. The van der Waals surface area contributed by atoms with E-state index in [4.69, 9.17) is 15.0 Å². The van der Waals surface area contributed by atoms with Crippen LogP contribution in [0.15, 0.2) is 140 Å². The highest BCUT2D eigenvalue weighted by molar-refractivity contribution is 5.88. The first-order chi connectivity index (χ1) is 21.2. The van der Waals surface area contributed by atoms with Gasteiger partial charge < -0.3 is 0 Å². The zero-order valence-corrected chi connectivity index (χ0v) is 23.6. The SMILES string of the molecule is CC1C(c2ccc(-c3cccc(-c4ccccn4)n3)nc2)=CC(c2ccc(-c3ccccn3)nc2)=CC1c1cccnc1. The average Bonchev–Trinajstić information content (AvgIpc) is 3.10. The van der Waals surface area contributed by atoms with Crippen LogP contribution in [0.2, 0.25) is 0 Å². The first kappa shape index (κ1) is 26.3. The van der Waals surface area contributed by atoms with Gasteiger partial charge in [-0.15, -0.1) is 0 Å². The molecular weight excluding hydrogens is 528 g/mol. The Morgan fingerprint density at radius 3 is 1.74 bits per heavy atom. The summed E-state index contributed by atoms with van der Waals surface area (Å²) >= 11 is 0. The molecule has 0 amide bonds.